The molecule has 18 heavy (non-hydrogen) atoms. The molecule has 0 radical (unpaired) electrons. The molecule has 0 fully saturated rings. The van der Waals surface area contributed by atoms with Gasteiger partial charge in [-0.3, -0.25) is 0 Å². The van der Waals surface area contributed by atoms with Crippen LogP contribution in [0.3, 0.4) is 0 Å². The second-order valence-corrected chi connectivity index (χ2v) is 5.74. The number of aromatic nitrogens is 1. The van der Waals surface area contributed by atoms with E-state index in [9.17, 15) is 0 Å². The van der Waals surface area contributed by atoms with Crippen LogP contribution in [0.2, 0.25) is 0 Å². The lowest BCUT2D eigenvalue weighted by molar-refractivity contribution is 0.548. The molecule has 0 atom stereocenters. The molecule has 1 aromatic heterocycles. The summed E-state index contributed by atoms with van der Waals surface area (Å²) in [5.41, 5.74) is 10.1. The molecule has 0 saturated heterocycles. The maximum absolute atomic E-state index is 5.61. The van der Waals surface area contributed by atoms with Gasteiger partial charge in [-0.05, 0) is 36.5 Å². The normalized spacial score (nSPS) is 11.8. The van der Waals surface area contributed by atoms with Gasteiger partial charge in [0.1, 0.15) is 11.5 Å². The van der Waals surface area contributed by atoms with E-state index in [1.807, 2.05) is 6.92 Å². The van der Waals surface area contributed by atoms with Crippen LogP contribution in [-0.2, 0) is 5.41 Å². The van der Waals surface area contributed by atoms with Crippen LogP contribution < -0.4 is 5.73 Å². The minimum atomic E-state index is 0.117. The highest BCUT2D eigenvalue weighted by molar-refractivity contribution is 5.67. The molecule has 0 aliphatic rings. The number of hydrogen-bond acceptors (Lipinski definition) is 3. The van der Waals surface area contributed by atoms with Gasteiger partial charge in [0.05, 0.1) is 0 Å². The number of nitrogens with zero attached hydrogens (tertiary/aromatic N) is 1. The summed E-state index contributed by atoms with van der Waals surface area (Å²) in [7, 11) is 0. The molecule has 1 aromatic carbocycles. The van der Waals surface area contributed by atoms with Crippen molar-refractivity contribution in [1.82, 2.24) is 4.98 Å². The number of hydrogen-bond donors (Lipinski definition) is 1. The Morgan fingerprint density at radius 2 is 1.83 bits per heavy atom. The van der Waals surface area contributed by atoms with Crippen LogP contribution >= 0.6 is 0 Å². The van der Waals surface area contributed by atoms with Crippen molar-refractivity contribution in [3.8, 4) is 11.3 Å². The zero-order valence-electron chi connectivity index (χ0n) is 11.7. The number of anilines is 1. The van der Waals surface area contributed by atoms with E-state index < -0.39 is 0 Å². The molecule has 2 N–H and O–H groups in total. The summed E-state index contributed by atoms with van der Waals surface area (Å²) in [4.78, 5) is 4.28. The van der Waals surface area contributed by atoms with Gasteiger partial charge in [-0.1, -0.05) is 32.9 Å². The summed E-state index contributed by atoms with van der Waals surface area (Å²) in [6.45, 7) is 10.6. The number of benzene rings is 1. The van der Waals surface area contributed by atoms with Crippen molar-refractivity contribution in [3.05, 3.63) is 35.1 Å². The highest BCUT2D eigenvalue weighted by Gasteiger charge is 2.18. The summed E-state index contributed by atoms with van der Waals surface area (Å²) < 4.78 is 5.32. The number of rotatable bonds is 1. The van der Waals surface area contributed by atoms with E-state index in [1.54, 1.807) is 0 Å². The van der Waals surface area contributed by atoms with Gasteiger partial charge in [-0.2, -0.15) is 4.98 Å². The molecule has 3 heteroatoms. The first-order valence-electron chi connectivity index (χ1n) is 6.13. The topological polar surface area (TPSA) is 52.0 Å². The SMILES string of the molecule is Cc1ccc(C(C)(C)C)cc1-c1nc(N)oc1C. The standard InChI is InChI=1S/C15H20N2O/c1-9-6-7-11(15(3,4)5)8-12(9)13-10(2)18-14(16)17-13/h6-8H,1-5H3,(H2,16,17). The molecule has 0 bridgehead atoms. The largest absolute Gasteiger partial charge is 0.429 e. The van der Waals surface area contributed by atoms with Gasteiger partial charge < -0.3 is 10.2 Å². The van der Waals surface area contributed by atoms with Crippen LogP contribution in [0.25, 0.3) is 11.3 Å². The van der Waals surface area contributed by atoms with Gasteiger partial charge in [-0.15, -0.1) is 0 Å². The first-order chi connectivity index (χ1) is 8.29. The van der Waals surface area contributed by atoms with Crippen molar-refractivity contribution >= 4 is 6.01 Å². The third-order valence-corrected chi connectivity index (χ3v) is 3.17. The van der Waals surface area contributed by atoms with Crippen molar-refractivity contribution in [2.45, 2.75) is 40.0 Å². The fraction of sp³-hybridized carbons (Fsp3) is 0.400. The van der Waals surface area contributed by atoms with Crippen LogP contribution in [0, 0.1) is 13.8 Å². The molecule has 0 spiro atoms. The van der Waals surface area contributed by atoms with Crippen LogP contribution in [0.15, 0.2) is 22.6 Å². The molecule has 1 heterocycles. The van der Waals surface area contributed by atoms with Crippen LogP contribution in [0.1, 0.15) is 37.7 Å². The maximum Gasteiger partial charge on any atom is 0.292 e. The molecular formula is C15H20N2O. The molecule has 0 unspecified atom stereocenters. The Kier molecular flexibility index (Phi) is 2.93. The monoisotopic (exact) mass is 244 g/mol. The van der Waals surface area contributed by atoms with E-state index in [4.69, 9.17) is 10.2 Å². The van der Waals surface area contributed by atoms with Crippen molar-refractivity contribution in [1.29, 1.82) is 0 Å². The smallest absolute Gasteiger partial charge is 0.292 e. The molecular weight excluding hydrogens is 224 g/mol. The van der Waals surface area contributed by atoms with Crippen molar-refractivity contribution in [3.63, 3.8) is 0 Å². The number of oxazole rings is 1. The number of nitrogen functional groups attached to an aromatic ring is 1. The third-order valence-electron chi connectivity index (χ3n) is 3.17. The van der Waals surface area contributed by atoms with E-state index in [0.29, 0.717) is 0 Å². The average molecular weight is 244 g/mol. The molecule has 3 nitrogen and oxygen atoms in total. The Hall–Kier alpha value is -1.77. The zero-order chi connectivity index (χ0) is 13.5. The fourth-order valence-corrected chi connectivity index (χ4v) is 2.01. The van der Waals surface area contributed by atoms with E-state index in [0.717, 1.165) is 17.0 Å². The van der Waals surface area contributed by atoms with Gasteiger partial charge in [0.25, 0.3) is 6.01 Å². The van der Waals surface area contributed by atoms with Crippen molar-refractivity contribution in [2.24, 2.45) is 0 Å². The molecule has 0 aliphatic heterocycles. The predicted molar refractivity (Wildman–Crippen MR) is 74.5 cm³/mol. The van der Waals surface area contributed by atoms with Crippen LogP contribution in [0.4, 0.5) is 6.01 Å². The maximum atomic E-state index is 5.61. The average Bonchev–Trinajstić information content (AvgIpc) is 2.56. The molecule has 2 aromatic rings. The first kappa shape index (κ1) is 12.7. The van der Waals surface area contributed by atoms with Crippen molar-refractivity contribution < 1.29 is 4.42 Å². The molecule has 96 valence electrons. The Morgan fingerprint density at radius 3 is 2.33 bits per heavy atom. The van der Waals surface area contributed by atoms with Gasteiger partial charge in [-0.25, -0.2) is 0 Å². The van der Waals surface area contributed by atoms with Gasteiger partial charge in [0, 0.05) is 5.56 Å². The summed E-state index contributed by atoms with van der Waals surface area (Å²) in [5.74, 6) is 0.765. The lowest BCUT2D eigenvalue weighted by Gasteiger charge is -2.20. The second kappa shape index (κ2) is 4.16. The Labute approximate surface area is 108 Å². The molecule has 2 rings (SSSR count). The lowest BCUT2D eigenvalue weighted by Crippen LogP contribution is -2.11. The quantitative estimate of drug-likeness (QED) is 0.829. The number of nitrogens with two attached hydrogens (primary N) is 1. The van der Waals surface area contributed by atoms with E-state index in [1.165, 1.54) is 11.1 Å². The minimum Gasteiger partial charge on any atom is -0.429 e. The Morgan fingerprint density at radius 1 is 1.17 bits per heavy atom. The summed E-state index contributed by atoms with van der Waals surface area (Å²) in [6.07, 6.45) is 0. The van der Waals surface area contributed by atoms with Crippen LogP contribution in [0.5, 0.6) is 0 Å². The van der Waals surface area contributed by atoms with Gasteiger partial charge >= 0.3 is 0 Å². The van der Waals surface area contributed by atoms with Gasteiger partial charge in [0.15, 0.2) is 0 Å². The van der Waals surface area contributed by atoms with E-state index in [-0.39, 0.29) is 11.4 Å². The summed E-state index contributed by atoms with van der Waals surface area (Å²) >= 11 is 0. The molecule has 0 amide bonds. The molecule has 0 aliphatic carbocycles. The lowest BCUT2D eigenvalue weighted by atomic mass is 9.85. The van der Waals surface area contributed by atoms with E-state index >= 15 is 0 Å². The Balaban J connectivity index is 2.60. The fourth-order valence-electron chi connectivity index (χ4n) is 2.01. The highest BCUT2D eigenvalue weighted by atomic mass is 16.4. The second-order valence-electron chi connectivity index (χ2n) is 5.74. The van der Waals surface area contributed by atoms with Crippen molar-refractivity contribution in [2.75, 3.05) is 5.73 Å². The first-order valence-corrected chi connectivity index (χ1v) is 6.13. The van der Waals surface area contributed by atoms with E-state index in [2.05, 4.69) is 50.9 Å². The van der Waals surface area contributed by atoms with Crippen LogP contribution in [-0.4, -0.2) is 4.98 Å². The summed E-state index contributed by atoms with van der Waals surface area (Å²) in [6, 6.07) is 6.69. The predicted octanol–water partition coefficient (Wildman–Crippen LogP) is 3.84. The number of aryl methyl sites for hydroxylation is 2. The molecule has 0 saturated carbocycles. The third kappa shape index (κ3) is 2.26. The minimum absolute atomic E-state index is 0.117. The highest BCUT2D eigenvalue weighted by Crippen LogP contribution is 2.32. The zero-order valence-corrected chi connectivity index (χ0v) is 11.7. The summed E-state index contributed by atoms with van der Waals surface area (Å²) in [5, 5.41) is 0. The Bertz CT molecular complexity index is 577. The van der Waals surface area contributed by atoms with Gasteiger partial charge in [0.2, 0.25) is 0 Å².